The molecule has 5 nitrogen and oxygen atoms in total. The number of nitrogens with zero attached hydrogens (tertiary/aromatic N) is 2. The minimum Gasteiger partial charge on any atom is -0.355 e. The Morgan fingerprint density at radius 3 is 2.25 bits per heavy atom. The Bertz CT molecular complexity index is 1150. The molecule has 1 aliphatic rings. The number of hydrogen-bond acceptors (Lipinski definition) is 4. The Labute approximate surface area is 243 Å². The van der Waals surface area contributed by atoms with Crippen molar-refractivity contribution in [3.63, 3.8) is 0 Å². The molecule has 1 aromatic rings. The molecule has 0 radical (unpaired) electrons. The Hall–Kier alpha value is -3.43. The second-order valence-corrected chi connectivity index (χ2v) is 8.52. The summed E-state index contributed by atoms with van der Waals surface area (Å²) in [7, 11) is 0. The average molecular weight is 553 g/mol. The average Bonchev–Trinajstić information content (AvgIpc) is 2.98. The van der Waals surface area contributed by atoms with Crippen LogP contribution in [-0.4, -0.2) is 42.7 Å². The first-order valence-electron chi connectivity index (χ1n) is 14.5. The summed E-state index contributed by atoms with van der Waals surface area (Å²) in [5.41, 5.74) is 5.20. The van der Waals surface area contributed by atoms with Gasteiger partial charge in [-0.15, -0.1) is 6.42 Å². The molecule has 0 saturated carbocycles. The molecule has 1 saturated heterocycles. The van der Waals surface area contributed by atoms with Crippen LogP contribution in [0.5, 0.6) is 0 Å². The summed E-state index contributed by atoms with van der Waals surface area (Å²) in [5, 5.41) is 8.81. The Morgan fingerprint density at radius 2 is 1.75 bits per heavy atom. The van der Waals surface area contributed by atoms with Crippen molar-refractivity contribution in [2.24, 2.45) is 5.10 Å². The van der Waals surface area contributed by atoms with E-state index >= 15 is 0 Å². The second kappa shape index (κ2) is 23.5. The predicted molar refractivity (Wildman–Crippen MR) is 175 cm³/mol. The van der Waals surface area contributed by atoms with Crippen molar-refractivity contribution in [1.82, 2.24) is 15.6 Å². The van der Waals surface area contributed by atoms with Gasteiger partial charge in [-0.2, -0.15) is 5.10 Å². The number of amidine groups is 1. The van der Waals surface area contributed by atoms with Gasteiger partial charge in [0.1, 0.15) is 11.7 Å². The lowest BCUT2D eigenvalue weighted by atomic mass is 10.00. The van der Waals surface area contributed by atoms with Crippen LogP contribution in [-0.2, 0) is 4.79 Å². The van der Waals surface area contributed by atoms with E-state index in [4.69, 9.17) is 6.42 Å². The third-order valence-electron chi connectivity index (χ3n) is 5.52. The first-order chi connectivity index (χ1) is 19.2. The van der Waals surface area contributed by atoms with Crippen molar-refractivity contribution in [1.29, 1.82) is 0 Å². The van der Waals surface area contributed by atoms with E-state index in [0.29, 0.717) is 39.3 Å². The van der Waals surface area contributed by atoms with Gasteiger partial charge in [0.05, 0.1) is 6.42 Å². The highest BCUT2D eigenvalue weighted by Crippen LogP contribution is 2.16. The number of hydrogen-bond donors (Lipinski definition) is 2. The summed E-state index contributed by atoms with van der Waals surface area (Å²) in [6.07, 6.45) is 12.8. The number of carbonyl (C=O) groups is 1. The molecule has 0 aromatic heterocycles. The van der Waals surface area contributed by atoms with Crippen LogP contribution < -0.4 is 21.2 Å². The molecule has 1 heterocycles. The van der Waals surface area contributed by atoms with E-state index in [1.807, 2.05) is 46.8 Å². The number of carbonyl (C=O) groups excluding carboxylic acids is 1. The lowest BCUT2D eigenvalue weighted by Gasteiger charge is -2.29. The summed E-state index contributed by atoms with van der Waals surface area (Å²) >= 11 is 0. The largest absolute Gasteiger partial charge is 0.355 e. The fourth-order valence-electron chi connectivity index (χ4n) is 3.39. The van der Waals surface area contributed by atoms with Crippen LogP contribution in [0.15, 0.2) is 47.2 Å². The topological polar surface area (TPSA) is 56.7 Å². The molecule has 2 rings (SSSR count). The fraction of sp³-hybridized carbons (Fsp3) is 0.471. The van der Waals surface area contributed by atoms with Gasteiger partial charge in [0, 0.05) is 42.7 Å². The Morgan fingerprint density at radius 1 is 1.18 bits per heavy atom. The molecule has 40 heavy (non-hydrogen) atoms. The standard InChI is InChI=1S/C27H33FN4O.C3H8.2C2H6/c1-7-10-23-16-24(17-25(28)20(23)5)22(9-3)18-26(33)19(4)21(6)30-31-27(11-8-2)32-14-12-29-13-15-32;1-3-2;2*1-2/h2,9-10,16-18,29-30H,3,5,7,11-15H2,1,4,6H3;3H2,1-2H3;2*1-2H3/b21-19-,22-18+,23-10-,31-27+;;;. The third-order valence-corrected chi connectivity index (χ3v) is 5.52. The number of nitrogens with one attached hydrogen (secondary N) is 2. The van der Waals surface area contributed by atoms with Gasteiger partial charge in [-0.05, 0) is 54.8 Å². The van der Waals surface area contributed by atoms with Crippen LogP contribution in [0.2, 0.25) is 0 Å². The third kappa shape index (κ3) is 13.6. The van der Waals surface area contributed by atoms with E-state index in [0.717, 1.165) is 38.4 Å². The summed E-state index contributed by atoms with van der Waals surface area (Å²) in [6.45, 7) is 28.7. The van der Waals surface area contributed by atoms with E-state index in [2.05, 4.69) is 53.7 Å². The molecule has 0 amide bonds. The van der Waals surface area contributed by atoms with Gasteiger partial charge in [0.25, 0.3) is 0 Å². The van der Waals surface area contributed by atoms with Gasteiger partial charge in [0.15, 0.2) is 5.78 Å². The van der Waals surface area contributed by atoms with Crippen molar-refractivity contribution in [3.05, 3.63) is 64.0 Å². The number of rotatable bonds is 8. The number of ketones is 1. The van der Waals surface area contributed by atoms with Crippen LogP contribution in [0.3, 0.4) is 0 Å². The zero-order valence-corrected chi connectivity index (χ0v) is 26.5. The lowest BCUT2D eigenvalue weighted by Crippen LogP contribution is -2.46. The van der Waals surface area contributed by atoms with E-state index in [9.17, 15) is 9.18 Å². The number of terminal acetylenes is 1. The molecular formula is C34H53FN4O. The lowest BCUT2D eigenvalue weighted by molar-refractivity contribution is -0.111. The molecule has 2 N–H and O–H groups in total. The molecule has 1 aliphatic heterocycles. The molecule has 0 atom stereocenters. The molecule has 0 spiro atoms. The zero-order valence-electron chi connectivity index (χ0n) is 26.5. The summed E-state index contributed by atoms with van der Waals surface area (Å²) in [5.74, 6) is 2.78. The Balaban J connectivity index is 0. The number of hydrazone groups is 1. The van der Waals surface area contributed by atoms with Crippen molar-refractivity contribution in [2.75, 3.05) is 26.2 Å². The normalized spacial score (nSPS) is 14.1. The van der Waals surface area contributed by atoms with E-state index in [-0.39, 0.29) is 5.78 Å². The first-order valence-corrected chi connectivity index (χ1v) is 14.5. The van der Waals surface area contributed by atoms with Crippen molar-refractivity contribution in [2.45, 2.75) is 81.6 Å². The van der Waals surface area contributed by atoms with Crippen LogP contribution in [0, 0.1) is 18.2 Å². The molecule has 0 unspecified atom stereocenters. The molecule has 6 heteroatoms. The molecule has 0 aliphatic carbocycles. The molecule has 0 bridgehead atoms. The van der Waals surface area contributed by atoms with E-state index < -0.39 is 5.82 Å². The second-order valence-electron chi connectivity index (χ2n) is 8.52. The quantitative estimate of drug-likeness (QED) is 0.101. The minimum absolute atomic E-state index is 0.217. The van der Waals surface area contributed by atoms with Gasteiger partial charge in [-0.25, -0.2) is 4.39 Å². The predicted octanol–water partition coefficient (Wildman–Crippen LogP) is 6.16. The van der Waals surface area contributed by atoms with Crippen LogP contribution in [0.4, 0.5) is 4.39 Å². The maximum atomic E-state index is 14.4. The molecule has 1 fully saturated rings. The van der Waals surface area contributed by atoms with Gasteiger partial charge in [-0.1, -0.05) is 86.1 Å². The van der Waals surface area contributed by atoms with Gasteiger partial charge >= 0.3 is 0 Å². The Kier molecular flexibility index (Phi) is 22.7. The highest BCUT2D eigenvalue weighted by molar-refractivity contribution is 6.09. The van der Waals surface area contributed by atoms with Gasteiger partial charge in [-0.3, -0.25) is 10.2 Å². The van der Waals surface area contributed by atoms with Crippen LogP contribution >= 0.6 is 0 Å². The number of piperazine rings is 1. The molecular weight excluding hydrogens is 499 g/mol. The molecule has 222 valence electrons. The van der Waals surface area contributed by atoms with Gasteiger partial charge < -0.3 is 10.2 Å². The van der Waals surface area contributed by atoms with Crippen LogP contribution in [0.1, 0.15) is 87.1 Å². The highest BCUT2D eigenvalue weighted by atomic mass is 19.1. The SMILES string of the molecule is C#CC/C(=N\N/C(C)=C(/C)C(=O)/C=C(\C=C)c1cc(F)c(=C)/c(=C\CC)c1)N1CCNCC1.CC.CC.CCC. The van der Waals surface area contributed by atoms with E-state index in [1.54, 1.807) is 19.9 Å². The van der Waals surface area contributed by atoms with E-state index in [1.165, 1.54) is 18.6 Å². The van der Waals surface area contributed by atoms with Crippen molar-refractivity contribution in [3.8, 4) is 12.3 Å². The minimum atomic E-state index is -0.416. The zero-order chi connectivity index (χ0) is 31.1. The van der Waals surface area contributed by atoms with Crippen LogP contribution in [0.25, 0.3) is 18.2 Å². The fourth-order valence-corrected chi connectivity index (χ4v) is 3.39. The smallest absolute Gasteiger partial charge is 0.183 e. The van der Waals surface area contributed by atoms with Gasteiger partial charge in [0.2, 0.25) is 0 Å². The summed E-state index contributed by atoms with van der Waals surface area (Å²) in [4.78, 5) is 15.1. The number of allylic oxidation sites excluding steroid dienone is 5. The summed E-state index contributed by atoms with van der Waals surface area (Å²) in [6, 6.07) is 3.20. The van der Waals surface area contributed by atoms with Crippen molar-refractivity contribution >= 4 is 29.8 Å². The summed E-state index contributed by atoms with van der Waals surface area (Å²) < 4.78 is 14.4. The maximum absolute atomic E-state index is 14.4. The maximum Gasteiger partial charge on any atom is 0.183 e. The molecule has 1 aromatic carbocycles. The highest BCUT2D eigenvalue weighted by Gasteiger charge is 2.14. The number of halogens is 1. The van der Waals surface area contributed by atoms with Crippen molar-refractivity contribution < 1.29 is 9.18 Å². The first kappa shape index (κ1) is 38.7. The monoisotopic (exact) mass is 552 g/mol. The number of benzene rings is 1.